The third kappa shape index (κ3) is 3.91. The second kappa shape index (κ2) is 7.17. The number of benzene rings is 1. The van der Waals surface area contributed by atoms with Crippen molar-refractivity contribution in [2.24, 2.45) is 11.8 Å². The summed E-state index contributed by atoms with van der Waals surface area (Å²) in [5.74, 6) is 2.66. The van der Waals surface area contributed by atoms with Crippen molar-refractivity contribution in [3.63, 3.8) is 0 Å². The van der Waals surface area contributed by atoms with Gasteiger partial charge in [0.25, 0.3) is 0 Å². The lowest BCUT2D eigenvalue weighted by Gasteiger charge is -2.29. The van der Waals surface area contributed by atoms with Crippen molar-refractivity contribution in [3.05, 3.63) is 23.8 Å². The standard InChI is InChI=1S/C18H29NO2/c1-13(2)15-6-5-10-19(11-9-15)14(3)17-8-7-16(21-4)12-18(17)20/h7-8,12-15,20H,5-6,9-11H2,1-4H3. The van der Waals surface area contributed by atoms with Gasteiger partial charge in [0.1, 0.15) is 11.5 Å². The van der Waals surface area contributed by atoms with Crippen molar-refractivity contribution in [2.75, 3.05) is 20.2 Å². The van der Waals surface area contributed by atoms with Crippen LogP contribution in [-0.2, 0) is 0 Å². The molecule has 0 radical (unpaired) electrons. The fourth-order valence-electron chi connectivity index (χ4n) is 3.40. The lowest BCUT2D eigenvalue weighted by molar-refractivity contribution is 0.209. The first-order valence-electron chi connectivity index (χ1n) is 8.14. The number of nitrogens with zero attached hydrogens (tertiary/aromatic N) is 1. The Kier molecular flexibility index (Phi) is 5.51. The fraction of sp³-hybridized carbons (Fsp3) is 0.667. The van der Waals surface area contributed by atoms with Gasteiger partial charge in [-0.2, -0.15) is 0 Å². The van der Waals surface area contributed by atoms with Crippen molar-refractivity contribution in [2.45, 2.75) is 46.1 Å². The third-order valence-electron chi connectivity index (χ3n) is 4.99. The third-order valence-corrected chi connectivity index (χ3v) is 4.99. The minimum atomic E-state index is 0.252. The van der Waals surface area contributed by atoms with Gasteiger partial charge in [0.15, 0.2) is 0 Å². The monoisotopic (exact) mass is 291 g/mol. The van der Waals surface area contributed by atoms with Gasteiger partial charge >= 0.3 is 0 Å². The van der Waals surface area contributed by atoms with Crippen LogP contribution < -0.4 is 4.74 Å². The van der Waals surface area contributed by atoms with E-state index in [9.17, 15) is 5.11 Å². The largest absolute Gasteiger partial charge is 0.507 e. The van der Waals surface area contributed by atoms with E-state index in [-0.39, 0.29) is 6.04 Å². The zero-order chi connectivity index (χ0) is 15.4. The minimum Gasteiger partial charge on any atom is -0.507 e. The maximum absolute atomic E-state index is 10.2. The molecule has 0 spiro atoms. The molecule has 1 aliphatic heterocycles. The molecule has 21 heavy (non-hydrogen) atoms. The van der Waals surface area contributed by atoms with Crippen molar-refractivity contribution < 1.29 is 9.84 Å². The van der Waals surface area contributed by atoms with E-state index in [1.54, 1.807) is 13.2 Å². The predicted octanol–water partition coefficient (Wildman–Crippen LogP) is 4.22. The highest BCUT2D eigenvalue weighted by atomic mass is 16.5. The number of phenols is 1. The van der Waals surface area contributed by atoms with Gasteiger partial charge in [-0.25, -0.2) is 0 Å². The summed E-state index contributed by atoms with van der Waals surface area (Å²) in [5.41, 5.74) is 0.999. The topological polar surface area (TPSA) is 32.7 Å². The molecule has 0 bridgehead atoms. The lowest BCUT2D eigenvalue weighted by atomic mass is 9.89. The molecule has 1 aliphatic rings. The molecule has 118 valence electrons. The van der Waals surface area contributed by atoms with Crippen LogP contribution in [0.25, 0.3) is 0 Å². The second-order valence-corrected chi connectivity index (χ2v) is 6.57. The van der Waals surface area contributed by atoms with Gasteiger partial charge in [0, 0.05) is 17.7 Å². The van der Waals surface area contributed by atoms with Crippen molar-refractivity contribution in [1.82, 2.24) is 4.90 Å². The summed E-state index contributed by atoms with van der Waals surface area (Å²) in [6.45, 7) is 9.10. The van der Waals surface area contributed by atoms with Crippen LogP contribution >= 0.6 is 0 Å². The second-order valence-electron chi connectivity index (χ2n) is 6.57. The molecule has 2 unspecified atom stereocenters. The van der Waals surface area contributed by atoms with Gasteiger partial charge in [-0.15, -0.1) is 0 Å². The zero-order valence-electron chi connectivity index (χ0n) is 13.8. The minimum absolute atomic E-state index is 0.252. The normalized spacial score (nSPS) is 22.0. The summed E-state index contributed by atoms with van der Waals surface area (Å²) in [7, 11) is 1.62. The molecular formula is C18H29NO2. The van der Waals surface area contributed by atoms with Crippen LogP contribution in [0, 0.1) is 11.8 Å². The van der Waals surface area contributed by atoms with E-state index in [1.165, 1.54) is 19.3 Å². The number of methoxy groups -OCH3 is 1. The Labute approximate surface area is 128 Å². The Bertz CT molecular complexity index is 459. The van der Waals surface area contributed by atoms with Crippen molar-refractivity contribution >= 4 is 0 Å². The van der Waals surface area contributed by atoms with Gasteiger partial charge in [0.05, 0.1) is 7.11 Å². The molecule has 1 aromatic carbocycles. The summed E-state index contributed by atoms with van der Waals surface area (Å²) in [6, 6.07) is 5.88. The highest BCUT2D eigenvalue weighted by Crippen LogP contribution is 2.34. The summed E-state index contributed by atoms with van der Waals surface area (Å²) in [4.78, 5) is 2.50. The molecule has 0 amide bonds. The molecule has 1 heterocycles. The highest BCUT2D eigenvalue weighted by molar-refractivity contribution is 5.41. The number of phenolic OH excluding ortho intramolecular Hbond substituents is 1. The average molecular weight is 291 g/mol. The first-order valence-corrected chi connectivity index (χ1v) is 8.14. The smallest absolute Gasteiger partial charge is 0.124 e. The molecule has 0 aliphatic carbocycles. The SMILES string of the molecule is COc1ccc(C(C)N2CCCC(C(C)C)CC2)c(O)c1. The number of rotatable bonds is 4. The fourth-order valence-corrected chi connectivity index (χ4v) is 3.40. The van der Waals surface area contributed by atoms with Crippen LogP contribution in [0.4, 0.5) is 0 Å². The molecular weight excluding hydrogens is 262 g/mol. The summed E-state index contributed by atoms with van der Waals surface area (Å²) in [5, 5.41) is 10.2. The number of aromatic hydroxyl groups is 1. The Hall–Kier alpha value is -1.22. The number of hydrogen-bond donors (Lipinski definition) is 1. The maximum atomic E-state index is 10.2. The summed E-state index contributed by atoms with van der Waals surface area (Å²) >= 11 is 0. The molecule has 3 heteroatoms. The number of likely N-dealkylation sites (tertiary alicyclic amines) is 1. The van der Waals surface area contributed by atoms with Gasteiger partial charge in [-0.05, 0) is 57.2 Å². The van der Waals surface area contributed by atoms with Crippen LogP contribution in [0.3, 0.4) is 0 Å². The molecule has 0 saturated carbocycles. The van der Waals surface area contributed by atoms with Gasteiger partial charge in [-0.1, -0.05) is 19.9 Å². The Morgan fingerprint density at radius 3 is 2.57 bits per heavy atom. The van der Waals surface area contributed by atoms with E-state index in [1.807, 2.05) is 12.1 Å². The van der Waals surface area contributed by atoms with Crippen LogP contribution in [0.1, 0.15) is 51.6 Å². The van der Waals surface area contributed by atoms with Gasteiger partial charge in [0.2, 0.25) is 0 Å². The van der Waals surface area contributed by atoms with Crippen LogP contribution in [0.5, 0.6) is 11.5 Å². The molecule has 1 N–H and O–H groups in total. The molecule has 1 saturated heterocycles. The average Bonchev–Trinajstić information content (AvgIpc) is 2.72. The van der Waals surface area contributed by atoms with Crippen molar-refractivity contribution in [3.8, 4) is 11.5 Å². The molecule has 1 fully saturated rings. The first-order chi connectivity index (χ1) is 10.0. The predicted molar refractivity (Wildman–Crippen MR) is 86.8 cm³/mol. The van der Waals surface area contributed by atoms with E-state index >= 15 is 0 Å². The number of hydrogen-bond acceptors (Lipinski definition) is 3. The summed E-state index contributed by atoms with van der Waals surface area (Å²) in [6.07, 6.45) is 3.85. The maximum Gasteiger partial charge on any atom is 0.124 e. The van der Waals surface area contributed by atoms with Crippen LogP contribution in [0.15, 0.2) is 18.2 Å². The van der Waals surface area contributed by atoms with Crippen LogP contribution in [-0.4, -0.2) is 30.2 Å². The quantitative estimate of drug-likeness (QED) is 0.901. The highest BCUT2D eigenvalue weighted by Gasteiger charge is 2.24. The van der Waals surface area contributed by atoms with Gasteiger partial charge in [-0.3, -0.25) is 4.90 Å². The molecule has 1 aromatic rings. The number of ether oxygens (including phenoxy) is 1. The van der Waals surface area contributed by atoms with E-state index in [2.05, 4.69) is 25.7 Å². The van der Waals surface area contributed by atoms with E-state index in [4.69, 9.17) is 4.74 Å². The van der Waals surface area contributed by atoms with Gasteiger partial charge < -0.3 is 9.84 Å². The van der Waals surface area contributed by atoms with E-state index < -0.39 is 0 Å². The Morgan fingerprint density at radius 2 is 1.95 bits per heavy atom. The van der Waals surface area contributed by atoms with E-state index in [0.717, 1.165) is 30.5 Å². The lowest BCUT2D eigenvalue weighted by Crippen LogP contribution is -2.28. The van der Waals surface area contributed by atoms with Crippen molar-refractivity contribution in [1.29, 1.82) is 0 Å². The molecule has 3 nitrogen and oxygen atoms in total. The Balaban J connectivity index is 2.07. The van der Waals surface area contributed by atoms with E-state index in [0.29, 0.717) is 11.5 Å². The molecule has 2 rings (SSSR count). The molecule has 0 aromatic heterocycles. The van der Waals surface area contributed by atoms with Crippen LogP contribution in [0.2, 0.25) is 0 Å². The summed E-state index contributed by atoms with van der Waals surface area (Å²) < 4.78 is 5.16. The first kappa shape index (κ1) is 16.2. The zero-order valence-corrected chi connectivity index (χ0v) is 13.8. The Morgan fingerprint density at radius 1 is 1.19 bits per heavy atom. The molecule has 2 atom stereocenters.